The molecule has 0 aliphatic rings. The first-order valence-electron chi connectivity index (χ1n) is 6.50. The van der Waals surface area contributed by atoms with Crippen molar-refractivity contribution in [3.63, 3.8) is 0 Å². The van der Waals surface area contributed by atoms with Crippen LogP contribution in [0.3, 0.4) is 0 Å². The SMILES string of the molecule is CC(C)c1ccc(O)cc1[N+](C)(C)C.CN(C)C(=O)[O-].I. The molecular weight excluding hydrogens is 383 g/mol. The van der Waals surface area contributed by atoms with Gasteiger partial charge in [0.1, 0.15) is 17.5 Å². The number of hydrogen-bond acceptors (Lipinski definition) is 3. The predicted octanol–water partition coefficient (Wildman–Crippen LogP) is 2.22. The third kappa shape index (κ3) is 8.11. The number of benzene rings is 1. The van der Waals surface area contributed by atoms with E-state index < -0.39 is 6.09 Å². The van der Waals surface area contributed by atoms with E-state index in [1.54, 1.807) is 6.07 Å². The molecule has 0 fully saturated rings. The number of aromatic hydroxyl groups is 1. The molecule has 1 N–H and O–H groups in total. The Kier molecular flexibility index (Phi) is 9.64. The number of amides is 1. The average Bonchev–Trinajstić information content (AvgIpc) is 2.27. The number of rotatable bonds is 2. The van der Waals surface area contributed by atoms with Crippen molar-refractivity contribution < 1.29 is 15.0 Å². The highest BCUT2D eigenvalue weighted by Crippen LogP contribution is 2.32. The molecule has 0 atom stereocenters. The summed E-state index contributed by atoms with van der Waals surface area (Å²) in [6.45, 7) is 4.34. The van der Waals surface area contributed by atoms with Crippen LogP contribution in [0.1, 0.15) is 25.3 Å². The molecule has 0 heterocycles. The van der Waals surface area contributed by atoms with E-state index in [1.165, 1.54) is 25.3 Å². The molecule has 0 radical (unpaired) electrons. The molecule has 122 valence electrons. The Labute approximate surface area is 144 Å². The standard InChI is InChI=1S/C12H19NO.C3H7NO2.HI/c1-9(2)11-7-6-10(14)8-12(11)13(3,4)5;1-4(2)3(5)6;/h6-9H,1-5H3;1-2H3,(H,5,6);1H. The summed E-state index contributed by atoms with van der Waals surface area (Å²) in [5.41, 5.74) is 2.48. The van der Waals surface area contributed by atoms with Crippen molar-refractivity contribution in [2.75, 3.05) is 35.2 Å². The fraction of sp³-hybridized carbons (Fsp3) is 0.533. The molecule has 5 nitrogen and oxygen atoms in total. The minimum absolute atomic E-state index is 0. The lowest BCUT2D eigenvalue weighted by Crippen LogP contribution is -2.35. The summed E-state index contributed by atoms with van der Waals surface area (Å²) in [5, 5.41) is 19.0. The van der Waals surface area contributed by atoms with Gasteiger partial charge in [0.25, 0.3) is 0 Å². The summed E-state index contributed by atoms with van der Waals surface area (Å²) in [5.74, 6) is 0.834. The van der Waals surface area contributed by atoms with E-state index in [2.05, 4.69) is 35.0 Å². The van der Waals surface area contributed by atoms with Crippen LogP contribution in [-0.2, 0) is 0 Å². The molecule has 0 bridgehead atoms. The number of phenols is 1. The van der Waals surface area contributed by atoms with E-state index in [0.717, 1.165) is 9.38 Å². The van der Waals surface area contributed by atoms with Crippen LogP contribution >= 0.6 is 24.0 Å². The Bertz CT molecular complexity index is 455. The van der Waals surface area contributed by atoms with Crippen molar-refractivity contribution in [3.8, 4) is 5.75 Å². The van der Waals surface area contributed by atoms with Gasteiger partial charge in [-0.25, -0.2) is 0 Å². The van der Waals surface area contributed by atoms with Crippen LogP contribution in [0.15, 0.2) is 18.2 Å². The monoisotopic (exact) mass is 410 g/mol. The minimum Gasteiger partial charge on any atom is -0.530 e. The maximum atomic E-state index is 9.51. The molecule has 0 spiro atoms. The first-order valence-corrected chi connectivity index (χ1v) is 6.50. The summed E-state index contributed by atoms with van der Waals surface area (Å²) in [6.07, 6.45) is -1.16. The van der Waals surface area contributed by atoms with Gasteiger partial charge in [-0.15, -0.1) is 24.0 Å². The van der Waals surface area contributed by atoms with E-state index in [-0.39, 0.29) is 24.0 Å². The zero-order valence-electron chi connectivity index (χ0n) is 13.9. The predicted molar refractivity (Wildman–Crippen MR) is 96.3 cm³/mol. The van der Waals surface area contributed by atoms with Gasteiger partial charge in [-0.1, -0.05) is 13.8 Å². The minimum atomic E-state index is -1.16. The largest absolute Gasteiger partial charge is 0.530 e. The van der Waals surface area contributed by atoms with Crippen molar-refractivity contribution in [2.24, 2.45) is 0 Å². The lowest BCUT2D eigenvalue weighted by atomic mass is 9.99. The number of halogens is 1. The molecular formula is C15H27IN2O3. The normalized spacial score (nSPS) is 10.3. The molecule has 6 heteroatoms. The quantitative estimate of drug-likeness (QED) is 0.601. The van der Waals surface area contributed by atoms with Gasteiger partial charge >= 0.3 is 0 Å². The van der Waals surface area contributed by atoms with Crippen molar-refractivity contribution in [2.45, 2.75) is 19.8 Å². The average molecular weight is 410 g/mol. The molecule has 1 aromatic rings. The van der Waals surface area contributed by atoms with Crippen LogP contribution in [0.2, 0.25) is 0 Å². The highest BCUT2D eigenvalue weighted by atomic mass is 127. The van der Waals surface area contributed by atoms with Crippen LogP contribution in [0.4, 0.5) is 10.5 Å². The van der Waals surface area contributed by atoms with Gasteiger partial charge < -0.3 is 19.9 Å². The maximum Gasteiger partial charge on any atom is 0.139 e. The molecule has 0 saturated heterocycles. The highest BCUT2D eigenvalue weighted by molar-refractivity contribution is 14.0. The highest BCUT2D eigenvalue weighted by Gasteiger charge is 2.19. The van der Waals surface area contributed by atoms with Gasteiger partial charge in [0.2, 0.25) is 0 Å². The molecule has 0 aliphatic carbocycles. The molecule has 1 rings (SSSR count). The Morgan fingerprint density at radius 1 is 1.24 bits per heavy atom. The molecule has 21 heavy (non-hydrogen) atoms. The van der Waals surface area contributed by atoms with Gasteiger partial charge in [0, 0.05) is 25.7 Å². The van der Waals surface area contributed by atoms with Crippen LogP contribution in [-0.4, -0.2) is 51.3 Å². The summed E-state index contributed by atoms with van der Waals surface area (Å²) in [4.78, 5) is 10.5. The number of carbonyl (C=O) groups excluding carboxylic acids is 1. The molecule has 0 aliphatic heterocycles. The van der Waals surface area contributed by atoms with Crippen molar-refractivity contribution in [3.05, 3.63) is 23.8 Å². The smallest absolute Gasteiger partial charge is 0.139 e. The number of nitrogens with zero attached hydrogens (tertiary/aromatic N) is 2. The Balaban J connectivity index is 0. The lowest BCUT2D eigenvalue weighted by molar-refractivity contribution is -0.262. The van der Waals surface area contributed by atoms with E-state index in [9.17, 15) is 15.0 Å². The topological polar surface area (TPSA) is 63.6 Å². The van der Waals surface area contributed by atoms with Crippen LogP contribution < -0.4 is 9.59 Å². The molecule has 0 saturated carbocycles. The number of quaternary nitrogens is 1. The molecule has 1 amide bonds. The second-order valence-corrected chi connectivity index (χ2v) is 6.07. The van der Waals surface area contributed by atoms with Crippen LogP contribution in [0, 0.1) is 0 Å². The van der Waals surface area contributed by atoms with Gasteiger partial charge in [-0.05, 0) is 18.1 Å². The number of phenolic OH excluding ortho intramolecular Hbond substituents is 1. The Morgan fingerprint density at radius 2 is 1.67 bits per heavy atom. The van der Waals surface area contributed by atoms with Gasteiger partial charge in [0.15, 0.2) is 0 Å². The number of hydrogen-bond donors (Lipinski definition) is 1. The third-order valence-corrected chi connectivity index (χ3v) is 2.72. The van der Waals surface area contributed by atoms with E-state index in [0.29, 0.717) is 11.7 Å². The third-order valence-electron chi connectivity index (χ3n) is 2.72. The second-order valence-electron chi connectivity index (χ2n) is 6.07. The summed E-state index contributed by atoms with van der Waals surface area (Å²) >= 11 is 0. The molecule has 0 aromatic heterocycles. The molecule has 0 unspecified atom stereocenters. The maximum absolute atomic E-state index is 9.51. The number of carbonyl (C=O) groups is 1. The summed E-state index contributed by atoms with van der Waals surface area (Å²) in [7, 11) is 9.16. The van der Waals surface area contributed by atoms with Crippen molar-refractivity contribution in [1.29, 1.82) is 0 Å². The van der Waals surface area contributed by atoms with Gasteiger partial charge in [-0.3, -0.25) is 4.48 Å². The lowest BCUT2D eigenvalue weighted by Gasteiger charge is -2.27. The second kappa shape index (κ2) is 9.09. The number of carboxylic acid groups (broad SMARTS) is 1. The van der Waals surface area contributed by atoms with E-state index in [1.807, 2.05) is 12.1 Å². The Hall–Kier alpha value is -1.02. The van der Waals surface area contributed by atoms with Gasteiger partial charge in [-0.2, -0.15) is 0 Å². The van der Waals surface area contributed by atoms with E-state index >= 15 is 0 Å². The first-order chi connectivity index (χ1) is 8.96. The fourth-order valence-electron chi connectivity index (χ4n) is 1.60. The van der Waals surface area contributed by atoms with Crippen molar-refractivity contribution in [1.82, 2.24) is 9.38 Å². The van der Waals surface area contributed by atoms with Gasteiger partial charge in [0.05, 0.1) is 21.1 Å². The Morgan fingerprint density at radius 3 is 1.95 bits per heavy atom. The zero-order chi connectivity index (χ0) is 16.1. The first kappa shape index (κ1) is 22.3. The molecule has 1 aromatic carbocycles. The zero-order valence-corrected chi connectivity index (χ0v) is 16.2. The van der Waals surface area contributed by atoms with E-state index in [4.69, 9.17) is 0 Å². The summed E-state index contributed by atoms with van der Waals surface area (Å²) in [6, 6.07) is 5.63. The van der Waals surface area contributed by atoms with Crippen LogP contribution in [0.25, 0.3) is 0 Å². The van der Waals surface area contributed by atoms with Crippen LogP contribution in [0.5, 0.6) is 5.75 Å². The fourth-order valence-corrected chi connectivity index (χ4v) is 1.60. The summed E-state index contributed by atoms with van der Waals surface area (Å²) < 4.78 is 0.738. The van der Waals surface area contributed by atoms with Crippen molar-refractivity contribution >= 4 is 35.8 Å².